The van der Waals surface area contributed by atoms with E-state index in [1.807, 2.05) is 0 Å². The number of nitro benzene ring substituents is 1. The maximum atomic E-state index is 13.9. The maximum absolute atomic E-state index is 13.9. The van der Waals surface area contributed by atoms with E-state index in [1.54, 1.807) is 25.2 Å². The summed E-state index contributed by atoms with van der Waals surface area (Å²) in [4.78, 5) is 58.1. The zero-order valence-corrected chi connectivity index (χ0v) is 24.2. The van der Waals surface area contributed by atoms with Gasteiger partial charge in [0.2, 0.25) is 5.91 Å². The standard InChI is InChI=1S/C28H19Cl3N5O7/c1-33-24(21(31)13-32-33)28(39)42-18-8-5-14(6-9-18)23-22-25(43-35(23)16-3-2-4-17(11-16)36(40)41)27(38)34(26(22)37)15-7-10-19(29)20(30)12-15/h2-13,21-23,25H,1H3/q+1. The highest BCUT2D eigenvalue weighted by molar-refractivity contribution is 6.54. The molecule has 0 N–H and O–H groups in total. The third-order valence-electron chi connectivity index (χ3n) is 7.19. The second kappa shape index (κ2) is 11.0. The first-order valence-corrected chi connectivity index (χ1v) is 13.9. The van der Waals surface area contributed by atoms with Crippen molar-refractivity contribution in [2.45, 2.75) is 17.5 Å². The van der Waals surface area contributed by atoms with Crippen LogP contribution in [0.15, 0.2) is 71.8 Å². The van der Waals surface area contributed by atoms with Crippen LogP contribution in [0.2, 0.25) is 10.0 Å². The van der Waals surface area contributed by atoms with Crippen LogP contribution in [-0.4, -0.2) is 57.8 Å². The number of rotatable bonds is 6. The van der Waals surface area contributed by atoms with Gasteiger partial charge in [-0.2, -0.15) is 0 Å². The number of halogens is 3. The number of amides is 2. The lowest BCUT2D eigenvalue weighted by Gasteiger charge is -2.28. The predicted octanol–water partition coefficient (Wildman–Crippen LogP) is 4.55. The second-order valence-electron chi connectivity index (χ2n) is 9.74. The van der Waals surface area contributed by atoms with Crippen molar-refractivity contribution in [2.24, 2.45) is 11.0 Å². The van der Waals surface area contributed by atoms with Crippen LogP contribution in [0.1, 0.15) is 11.6 Å². The average molecular weight is 644 g/mol. The first-order valence-electron chi connectivity index (χ1n) is 12.7. The number of alkyl halides is 1. The number of hydrogen-bond acceptors (Lipinski definition) is 9. The molecule has 0 radical (unpaired) electrons. The third kappa shape index (κ3) is 5.01. The van der Waals surface area contributed by atoms with Crippen molar-refractivity contribution in [2.75, 3.05) is 17.0 Å². The quantitative estimate of drug-likeness (QED) is 0.0727. The molecule has 15 heteroatoms. The number of anilines is 2. The minimum atomic E-state index is -1.24. The van der Waals surface area contributed by atoms with Crippen LogP contribution in [0, 0.1) is 16.0 Å². The van der Waals surface area contributed by atoms with E-state index in [9.17, 15) is 24.5 Å². The molecule has 2 saturated heterocycles. The molecular weight excluding hydrogens is 625 g/mol. The fourth-order valence-corrected chi connectivity index (χ4v) is 5.78. The molecule has 0 spiro atoms. The molecule has 0 aliphatic carbocycles. The van der Waals surface area contributed by atoms with Gasteiger partial charge < -0.3 is 4.74 Å². The largest absolute Gasteiger partial charge is 0.419 e. The van der Waals surface area contributed by atoms with Crippen molar-refractivity contribution in [3.05, 3.63) is 92.5 Å². The van der Waals surface area contributed by atoms with Gasteiger partial charge in [0.05, 0.1) is 32.4 Å². The molecule has 12 nitrogen and oxygen atoms in total. The number of imide groups is 1. The summed E-state index contributed by atoms with van der Waals surface area (Å²) >= 11 is 18.3. The van der Waals surface area contributed by atoms with Crippen LogP contribution in [0.5, 0.6) is 5.75 Å². The van der Waals surface area contributed by atoms with E-state index in [0.717, 1.165) is 4.90 Å². The number of hydroxylamine groups is 1. The fraction of sp³-hybridized carbons (Fsp3) is 0.179. The van der Waals surface area contributed by atoms with Crippen molar-refractivity contribution in [3.8, 4) is 5.75 Å². The molecular formula is C28H19Cl3N5O7+. The highest BCUT2D eigenvalue weighted by atomic mass is 35.5. The summed E-state index contributed by atoms with van der Waals surface area (Å²) in [6.45, 7) is 0. The van der Waals surface area contributed by atoms with E-state index in [0.29, 0.717) is 5.56 Å². The summed E-state index contributed by atoms with van der Waals surface area (Å²) in [6, 6.07) is 15.4. The van der Waals surface area contributed by atoms with Crippen LogP contribution in [-0.2, 0) is 19.2 Å². The number of fused-ring (bicyclic) bond motifs is 1. The monoisotopic (exact) mass is 642 g/mol. The number of non-ortho nitro benzene ring substituents is 1. The lowest BCUT2D eigenvalue weighted by molar-refractivity contribution is -0.498. The van der Waals surface area contributed by atoms with E-state index < -0.39 is 46.1 Å². The molecule has 0 bridgehead atoms. The number of nitro groups is 1. The molecule has 6 rings (SSSR count). The van der Waals surface area contributed by atoms with Crippen molar-refractivity contribution < 1.29 is 33.6 Å². The summed E-state index contributed by atoms with van der Waals surface area (Å²) in [7, 11) is 1.57. The Labute approximate surface area is 258 Å². The van der Waals surface area contributed by atoms with E-state index in [-0.39, 0.29) is 38.6 Å². The smallest absolute Gasteiger partial charge is 0.408 e. The Balaban J connectivity index is 1.35. The third-order valence-corrected chi connectivity index (χ3v) is 8.25. The van der Waals surface area contributed by atoms with Crippen LogP contribution in [0.4, 0.5) is 17.1 Å². The number of carbonyl (C=O) groups is 3. The minimum absolute atomic E-state index is 0.145. The van der Waals surface area contributed by atoms with Gasteiger partial charge in [-0.1, -0.05) is 46.1 Å². The first-order chi connectivity index (χ1) is 20.5. The van der Waals surface area contributed by atoms with Gasteiger partial charge in [0.1, 0.15) is 17.9 Å². The van der Waals surface area contributed by atoms with E-state index >= 15 is 0 Å². The minimum Gasteiger partial charge on any atom is -0.419 e. The van der Waals surface area contributed by atoms with Gasteiger partial charge >= 0.3 is 11.7 Å². The van der Waals surface area contributed by atoms with E-state index in [2.05, 4.69) is 5.10 Å². The normalized spacial score (nSPS) is 22.9. The van der Waals surface area contributed by atoms with Crippen molar-refractivity contribution >= 4 is 81.6 Å². The van der Waals surface area contributed by atoms with Gasteiger partial charge in [-0.25, -0.2) is 14.8 Å². The van der Waals surface area contributed by atoms with Crippen molar-refractivity contribution in [3.63, 3.8) is 0 Å². The molecule has 43 heavy (non-hydrogen) atoms. The van der Waals surface area contributed by atoms with E-state index in [4.69, 9.17) is 44.4 Å². The average Bonchev–Trinajstić information content (AvgIpc) is 3.62. The van der Waals surface area contributed by atoms with Crippen LogP contribution in [0.25, 0.3) is 0 Å². The zero-order chi connectivity index (χ0) is 30.6. The Morgan fingerprint density at radius 3 is 2.42 bits per heavy atom. The van der Waals surface area contributed by atoms with Crippen molar-refractivity contribution in [1.82, 2.24) is 0 Å². The molecule has 2 amide bonds. The Hall–Kier alpha value is -4.36. The fourth-order valence-electron chi connectivity index (χ4n) is 5.21. The molecule has 218 valence electrons. The Kier molecular flexibility index (Phi) is 7.38. The number of hydrogen-bond donors (Lipinski definition) is 0. The summed E-state index contributed by atoms with van der Waals surface area (Å²) in [5.74, 6) is -2.73. The number of nitrogens with zero attached hydrogens (tertiary/aromatic N) is 5. The van der Waals surface area contributed by atoms with Crippen molar-refractivity contribution in [1.29, 1.82) is 0 Å². The Morgan fingerprint density at radius 1 is 1.02 bits per heavy atom. The maximum Gasteiger partial charge on any atom is 0.408 e. The number of carbonyl (C=O) groups excluding carboxylic acids is 3. The molecule has 3 aliphatic rings. The molecule has 0 aromatic heterocycles. The SMILES string of the molecule is C[N+]1=C(C(=O)Oc2ccc(C3C4C(=O)N(c5ccc(Cl)c(Cl)c5)C(=O)C4ON3c3cccc([N+](=O)[O-])c3)cc2)C(Cl)C=N1. The number of esters is 1. The number of benzene rings is 3. The molecule has 3 aliphatic heterocycles. The van der Waals surface area contributed by atoms with Gasteiger partial charge in [0, 0.05) is 12.1 Å². The predicted molar refractivity (Wildman–Crippen MR) is 157 cm³/mol. The van der Waals surface area contributed by atoms with Gasteiger partial charge in [-0.3, -0.25) is 24.5 Å². The Morgan fingerprint density at radius 2 is 1.77 bits per heavy atom. The molecule has 3 aromatic carbocycles. The van der Waals surface area contributed by atoms with Gasteiger partial charge in [-0.15, -0.1) is 11.6 Å². The first kappa shape index (κ1) is 28.7. The summed E-state index contributed by atoms with van der Waals surface area (Å²) in [5, 5.41) is 16.4. The molecule has 2 fully saturated rings. The van der Waals surface area contributed by atoms with E-state index in [1.165, 1.54) is 64.5 Å². The lowest BCUT2D eigenvalue weighted by atomic mass is 9.90. The summed E-state index contributed by atoms with van der Waals surface area (Å²) in [6.07, 6.45) is 0.167. The second-order valence-corrected chi connectivity index (χ2v) is 11.0. The molecule has 3 heterocycles. The van der Waals surface area contributed by atoms with Crippen LogP contribution in [0.3, 0.4) is 0 Å². The van der Waals surface area contributed by atoms with Gasteiger partial charge in [0.15, 0.2) is 18.5 Å². The zero-order valence-electron chi connectivity index (χ0n) is 22.0. The molecule has 4 unspecified atom stereocenters. The lowest BCUT2D eigenvalue weighted by Crippen LogP contribution is -2.37. The van der Waals surface area contributed by atoms with Gasteiger partial charge in [-0.05, 0) is 47.1 Å². The molecule has 3 aromatic rings. The number of hydrazone groups is 1. The van der Waals surface area contributed by atoms with Crippen LogP contribution >= 0.6 is 34.8 Å². The molecule has 0 saturated carbocycles. The van der Waals surface area contributed by atoms with Gasteiger partial charge in [0.25, 0.3) is 11.6 Å². The topological polar surface area (TPSA) is 135 Å². The highest BCUT2D eigenvalue weighted by Crippen LogP contribution is 2.48. The number of ether oxygens (including phenoxy) is 1. The Bertz CT molecular complexity index is 1760. The summed E-state index contributed by atoms with van der Waals surface area (Å²) in [5.41, 5.74) is 0.943. The van der Waals surface area contributed by atoms with Crippen LogP contribution < -0.4 is 14.7 Å². The molecule has 4 atom stereocenters. The summed E-state index contributed by atoms with van der Waals surface area (Å²) < 4.78 is 6.80. The highest BCUT2D eigenvalue weighted by Gasteiger charge is 2.60.